The highest BCUT2D eigenvalue weighted by atomic mass is 19.1. The number of carbonyl (C=O) groups excluding carboxylic acids is 8. The number of benzene rings is 4. The summed E-state index contributed by atoms with van der Waals surface area (Å²) in [6, 6.07) is 13.8. The van der Waals surface area contributed by atoms with Crippen LogP contribution in [0.4, 0.5) is 8.78 Å². The lowest BCUT2D eigenvalue weighted by molar-refractivity contribution is -0.142. The number of aliphatic hydroxyl groups excluding tert-OH is 1. The average Bonchev–Trinajstić information content (AvgIpc) is 3.88. The third kappa shape index (κ3) is 18.3. The third-order valence-corrected chi connectivity index (χ3v) is 15.0. The Morgan fingerprint density at radius 1 is 0.678 bits per heavy atom. The van der Waals surface area contributed by atoms with Crippen LogP contribution in [0.25, 0.3) is 21.8 Å². The first-order valence-corrected chi connectivity index (χ1v) is 29.1. The predicted molar refractivity (Wildman–Crippen MR) is 322 cm³/mol. The molecule has 1 aliphatic rings. The quantitative estimate of drug-likeness (QED) is 0.0176. The van der Waals surface area contributed by atoms with Crippen molar-refractivity contribution in [1.82, 2.24) is 52.1 Å². The number of H-pyrrole nitrogens is 2. The van der Waals surface area contributed by atoms with Crippen LogP contribution in [0, 0.1) is 17.6 Å². The number of phenols is 1. The van der Waals surface area contributed by atoms with Crippen LogP contribution < -0.4 is 48.7 Å². The number of aromatic nitrogens is 2. The smallest absolute Gasteiger partial charge is 0.245 e. The highest BCUT2D eigenvalue weighted by Crippen LogP contribution is 2.24. The van der Waals surface area contributed by atoms with Crippen molar-refractivity contribution in [3.8, 4) is 5.75 Å². The van der Waals surface area contributed by atoms with Gasteiger partial charge in [-0.2, -0.15) is 0 Å². The van der Waals surface area contributed by atoms with E-state index in [9.17, 15) is 57.4 Å². The van der Waals surface area contributed by atoms with E-state index in [-0.39, 0.29) is 93.6 Å². The Morgan fingerprint density at radius 3 is 1.79 bits per heavy atom. The fourth-order valence-corrected chi connectivity index (χ4v) is 10.6. The van der Waals surface area contributed by atoms with E-state index in [0.717, 1.165) is 22.5 Å². The Kier molecular flexibility index (Phi) is 23.3. The summed E-state index contributed by atoms with van der Waals surface area (Å²) in [7, 11) is 0. The summed E-state index contributed by atoms with van der Waals surface area (Å²) in [6.07, 6.45) is 3.72. The highest BCUT2D eigenvalue weighted by molar-refractivity contribution is 5.99. The summed E-state index contributed by atoms with van der Waals surface area (Å²) in [4.78, 5) is 126. The highest BCUT2D eigenvalue weighted by Gasteiger charge is 2.39. The molecule has 0 aliphatic carbocycles. The van der Waals surface area contributed by atoms with E-state index in [1.807, 2.05) is 38.1 Å². The van der Waals surface area contributed by atoms with E-state index < -0.39 is 102 Å². The normalized spacial score (nSPS) is 15.1. The number of likely N-dealkylation sites (N-methyl/N-ethyl adjacent to an activating group) is 1. The Labute approximate surface area is 501 Å². The molecule has 87 heavy (non-hydrogen) atoms. The lowest BCUT2D eigenvalue weighted by atomic mass is 9.99. The van der Waals surface area contributed by atoms with Crippen molar-refractivity contribution in [3.63, 3.8) is 0 Å². The molecule has 3 heterocycles. The zero-order valence-electron chi connectivity index (χ0n) is 48.8. The molecule has 15 N–H and O–H groups in total. The molecule has 4 aromatic carbocycles. The average molecular weight is 1200 g/mol. The van der Waals surface area contributed by atoms with Crippen LogP contribution in [0.2, 0.25) is 0 Å². The first-order chi connectivity index (χ1) is 41.7. The Bertz CT molecular complexity index is 3420. The Balaban J connectivity index is 1.14. The standard InChI is InChI=1S/C62H77F2N13O10/c1-4-67-60(86)53-16-10-26-77(53)61(87)47(15-9-25-68-62(65)66)72-55(81)48(27-35(2)3)73-58(84)51(30-39-33-70-46-14-8-6-12-43(39)46)75-56(82)49(28-36-17-22-41(79)23-18-36)74-59(85)52(34-78)76-57(83)50(29-38-32-69-45-13-7-5-11-42(38)45)71-54(80)24-20-37-19-21-40(63)31-44(37)64/h5-8,11-14,17-19,21-23,31-33,35,47-53,69-70,78-79H,4,9-10,15-16,20,24-30,34H2,1-3H3,(H,67,86)(H,71,80)(H,72,81)(H,73,84)(H,74,85)(H,75,82)(H,76,83)(H4,65,66,68)/t47-,48-,49-,50+,51+,52-,53-/m0/s1. The maximum atomic E-state index is 15.0. The number of guanidine groups is 1. The lowest BCUT2D eigenvalue weighted by Gasteiger charge is -2.30. The van der Waals surface area contributed by atoms with Crippen LogP contribution >= 0.6 is 0 Å². The Morgan fingerprint density at radius 2 is 1.22 bits per heavy atom. The largest absolute Gasteiger partial charge is 0.508 e. The predicted octanol–water partition coefficient (Wildman–Crippen LogP) is 2.42. The second-order valence-corrected chi connectivity index (χ2v) is 22.0. The van der Waals surface area contributed by atoms with Gasteiger partial charge in [0.15, 0.2) is 5.96 Å². The van der Waals surface area contributed by atoms with Gasteiger partial charge in [0.25, 0.3) is 0 Å². The van der Waals surface area contributed by atoms with Crippen LogP contribution in [0.5, 0.6) is 5.75 Å². The van der Waals surface area contributed by atoms with Crippen LogP contribution in [-0.2, 0) is 64.0 Å². The van der Waals surface area contributed by atoms with Crippen LogP contribution in [0.1, 0.15) is 81.5 Å². The molecule has 0 saturated carbocycles. The molecule has 1 aliphatic heterocycles. The van der Waals surface area contributed by atoms with E-state index in [0.29, 0.717) is 47.5 Å². The number of amides is 8. The molecule has 0 radical (unpaired) electrons. The van der Waals surface area contributed by atoms with E-state index >= 15 is 0 Å². The number of aromatic amines is 2. The number of fused-ring (bicyclic) bond motifs is 2. The number of hydrogen-bond donors (Lipinski definition) is 13. The van der Waals surface area contributed by atoms with Crippen molar-refractivity contribution in [2.75, 3.05) is 26.2 Å². The van der Waals surface area contributed by atoms with Gasteiger partial charge in [0, 0.05) is 85.6 Å². The number of nitrogens with two attached hydrogens (primary N) is 2. The van der Waals surface area contributed by atoms with Crippen LogP contribution in [-0.4, -0.2) is 147 Å². The van der Waals surface area contributed by atoms with E-state index in [1.54, 1.807) is 43.6 Å². The molecule has 7 rings (SSSR count). The van der Waals surface area contributed by atoms with Crippen molar-refractivity contribution in [2.24, 2.45) is 22.4 Å². The summed E-state index contributed by atoms with van der Waals surface area (Å²) in [5.41, 5.74) is 14.3. The maximum absolute atomic E-state index is 15.0. The zero-order chi connectivity index (χ0) is 62.7. The molecular formula is C62H77F2N13O10. The molecule has 23 nitrogen and oxygen atoms in total. The van der Waals surface area contributed by atoms with Crippen LogP contribution in [0.3, 0.4) is 0 Å². The number of nitrogens with zero attached hydrogens (tertiary/aromatic N) is 2. The van der Waals surface area contributed by atoms with Crippen molar-refractivity contribution in [3.05, 3.63) is 137 Å². The molecule has 25 heteroatoms. The summed E-state index contributed by atoms with van der Waals surface area (Å²) in [6.45, 7) is 5.18. The second-order valence-electron chi connectivity index (χ2n) is 22.0. The lowest BCUT2D eigenvalue weighted by Crippen LogP contribution is -2.61. The minimum Gasteiger partial charge on any atom is -0.508 e. The molecule has 0 bridgehead atoms. The molecule has 1 fully saturated rings. The van der Waals surface area contributed by atoms with Crippen molar-refractivity contribution in [1.29, 1.82) is 0 Å². The van der Waals surface area contributed by atoms with Gasteiger partial charge in [-0.3, -0.25) is 43.3 Å². The number of carbonyl (C=O) groups is 8. The van der Waals surface area contributed by atoms with Gasteiger partial charge in [0.2, 0.25) is 47.3 Å². The molecule has 6 aromatic rings. The van der Waals surface area contributed by atoms with Gasteiger partial charge in [-0.25, -0.2) is 8.78 Å². The SMILES string of the molecule is CCNC(=O)[C@@H]1CCCN1C(=O)[C@H](CCCN=C(N)N)NC(=O)[C@H](CC(C)C)NC(=O)[C@@H](Cc1c[nH]c2ccccc12)NC(=O)[C@H](Cc1ccc(O)cc1)NC(=O)[C@H](CO)NC(=O)[C@@H](Cc1c[nH]c2ccccc12)NC(=O)CCc1ccc(F)cc1F. The number of phenolic OH excluding ortho intramolecular Hbond substituents is 1. The van der Waals surface area contributed by atoms with Gasteiger partial charge in [0.05, 0.1) is 6.61 Å². The van der Waals surface area contributed by atoms with Gasteiger partial charge in [-0.1, -0.05) is 68.4 Å². The molecule has 0 spiro atoms. The number of para-hydroxylation sites is 2. The molecule has 0 unspecified atom stereocenters. The van der Waals surface area contributed by atoms with E-state index in [2.05, 4.69) is 52.2 Å². The number of hydrogen-bond acceptors (Lipinski definition) is 11. The molecule has 7 atom stereocenters. The Hall–Kier alpha value is -9.39. The number of aliphatic imine (C=N–C) groups is 1. The molecular weight excluding hydrogens is 1120 g/mol. The maximum Gasteiger partial charge on any atom is 0.245 e. The third-order valence-electron chi connectivity index (χ3n) is 15.0. The number of likely N-dealkylation sites (tertiary alicyclic amines) is 1. The topological polar surface area (TPSA) is 360 Å². The number of nitrogens with one attached hydrogen (secondary N) is 9. The number of aliphatic hydroxyl groups is 1. The monoisotopic (exact) mass is 1200 g/mol. The number of rotatable bonds is 30. The van der Waals surface area contributed by atoms with Crippen molar-refractivity contribution in [2.45, 2.75) is 127 Å². The van der Waals surface area contributed by atoms with E-state index in [4.69, 9.17) is 11.5 Å². The van der Waals surface area contributed by atoms with Gasteiger partial charge < -0.3 is 73.8 Å². The fourth-order valence-electron chi connectivity index (χ4n) is 10.6. The van der Waals surface area contributed by atoms with Gasteiger partial charge in [-0.15, -0.1) is 0 Å². The second kappa shape index (κ2) is 31.1. The minimum atomic E-state index is -1.74. The van der Waals surface area contributed by atoms with Gasteiger partial charge in [-0.05, 0) is 104 Å². The fraction of sp³-hybridized carbons (Fsp3) is 0.403. The van der Waals surface area contributed by atoms with E-state index in [1.165, 1.54) is 35.2 Å². The number of aryl methyl sites for hydroxylation is 1. The molecule has 1 saturated heterocycles. The van der Waals surface area contributed by atoms with Crippen molar-refractivity contribution < 1.29 is 57.4 Å². The molecule has 464 valence electrons. The molecule has 8 amide bonds. The van der Waals surface area contributed by atoms with Gasteiger partial charge >= 0.3 is 0 Å². The first-order valence-electron chi connectivity index (χ1n) is 29.1. The summed E-state index contributed by atoms with van der Waals surface area (Å²) >= 11 is 0. The summed E-state index contributed by atoms with van der Waals surface area (Å²) in [5, 5.41) is 41.4. The summed E-state index contributed by atoms with van der Waals surface area (Å²) < 4.78 is 28.2. The zero-order valence-corrected chi connectivity index (χ0v) is 48.8. The van der Waals surface area contributed by atoms with Crippen molar-refractivity contribution >= 4 is 75.0 Å². The minimum absolute atomic E-state index is 0.0644. The van der Waals surface area contributed by atoms with Crippen LogP contribution in [0.15, 0.2) is 108 Å². The van der Waals surface area contributed by atoms with Gasteiger partial charge in [0.1, 0.15) is 59.7 Å². The first kappa shape index (κ1) is 65.2. The molecule has 2 aromatic heterocycles. The number of aromatic hydroxyl groups is 1. The number of halogens is 2. The summed E-state index contributed by atoms with van der Waals surface area (Å²) in [5.74, 6) is -8.03.